The summed E-state index contributed by atoms with van der Waals surface area (Å²) in [5.41, 5.74) is 0.405. The van der Waals surface area contributed by atoms with Crippen molar-refractivity contribution in [3.63, 3.8) is 0 Å². The van der Waals surface area contributed by atoms with Gasteiger partial charge < -0.3 is 39.9 Å². The van der Waals surface area contributed by atoms with E-state index in [0.717, 1.165) is 19.3 Å². The number of hydrogen-bond donors (Lipinski definition) is 3. The SMILES string of the molecule is CCOC(=O)ON1CCN(C(=O)[C@H](CCC(=O)O)NC(=O)c2cc(OCC(=O)N3CCC[C@H]3C(=O)NC3CCC3)n(-c3ccccc3)n2)C[C@@H]1C. The van der Waals surface area contributed by atoms with Crippen LogP contribution < -0.4 is 15.4 Å². The van der Waals surface area contributed by atoms with Crippen molar-refractivity contribution in [1.29, 1.82) is 0 Å². The second-order valence-corrected chi connectivity index (χ2v) is 12.8. The Hall–Kier alpha value is -5.19. The lowest BCUT2D eigenvalue weighted by Crippen LogP contribution is -2.58. The molecule has 1 saturated carbocycles. The second kappa shape index (κ2) is 17.2. The van der Waals surface area contributed by atoms with E-state index < -0.39 is 48.7 Å². The minimum absolute atomic E-state index is 0.0781. The number of nitrogens with one attached hydrogen (secondary N) is 2. The molecule has 3 N–H and O–H groups in total. The fraction of sp³-hybridized carbons (Fsp3) is 0.559. The molecule has 1 aliphatic carbocycles. The summed E-state index contributed by atoms with van der Waals surface area (Å²) in [5, 5.41) is 20.9. The predicted octanol–water partition coefficient (Wildman–Crippen LogP) is 1.49. The number of aromatic nitrogens is 2. The van der Waals surface area contributed by atoms with E-state index in [1.807, 2.05) is 0 Å². The molecule has 4 amide bonds. The van der Waals surface area contributed by atoms with Crippen LogP contribution in [0, 0.1) is 0 Å². The summed E-state index contributed by atoms with van der Waals surface area (Å²) in [4.78, 5) is 84.9. The Labute approximate surface area is 295 Å². The Morgan fingerprint density at radius 2 is 1.78 bits per heavy atom. The van der Waals surface area contributed by atoms with Crippen molar-refractivity contribution in [2.75, 3.05) is 39.4 Å². The van der Waals surface area contributed by atoms with Gasteiger partial charge in [-0.15, -0.1) is 5.06 Å². The molecular formula is C34H45N7O10. The number of carbonyl (C=O) groups is 6. The molecule has 1 aromatic carbocycles. The number of benzene rings is 1. The summed E-state index contributed by atoms with van der Waals surface area (Å²) >= 11 is 0. The number of carboxylic acid groups (broad SMARTS) is 1. The fourth-order valence-corrected chi connectivity index (χ4v) is 6.23. The highest BCUT2D eigenvalue weighted by atomic mass is 16.8. The Balaban J connectivity index is 1.27. The summed E-state index contributed by atoms with van der Waals surface area (Å²) < 4.78 is 12.1. The van der Waals surface area contributed by atoms with Crippen LogP contribution in [0.4, 0.5) is 4.79 Å². The molecule has 17 heteroatoms. The number of rotatable bonds is 14. The third-order valence-electron chi connectivity index (χ3n) is 9.16. The zero-order valence-corrected chi connectivity index (χ0v) is 28.8. The van der Waals surface area contributed by atoms with Gasteiger partial charge in [-0.05, 0) is 64.5 Å². The van der Waals surface area contributed by atoms with Crippen LogP contribution in [0.25, 0.3) is 5.69 Å². The van der Waals surface area contributed by atoms with Gasteiger partial charge in [-0.3, -0.25) is 24.0 Å². The molecule has 2 aliphatic heterocycles. The van der Waals surface area contributed by atoms with E-state index in [4.69, 9.17) is 14.3 Å². The summed E-state index contributed by atoms with van der Waals surface area (Å²) in [6, 6.07) is 8.11. The first-order valence-corrected chi connectivity index (χ1v) is 17.3. The molecule has 0 unspecified atom stereocenters. The highest BCUT2D eigenvalue weighted by molar-refractivity contribution is 5.96. The minimum atomic E-state index is -1.20. The number of para-hydroxylation sites is 1. The monoisotopic (exact) mass is 711 g/mol. The first kappa shape index (κ1) is 37.1. The number of likely N-dealkylation sites (tertiary alicyclic amines) is 1. The number of hydroxylamine groups is 2. The van der Waals surface area contributed by atoms with Crippen molar-refractivity contribution >= 4 is 35.8 Å². The predicted molar refractivity (Wildman–Crippen MR) is 179 cm³/mol. The Bertz CT molecular complexity index is 1580. The van der Waals surface area contributed by atoms with E-state index in [2.05, 4.69) is 15.7 Å². The number of carboxylic acids is 1. The molecule has 0 bridgehead atoms. The van der Waals surface area contributed by atoms with Gasteiger partial charge in [-0.1, -0.05) is 18.2 Å². The summed E-state index contributed by atoms with van der Waals surface area (Å²) in [6.07, 6.45) is 2.78. The van der Waals surface area contributed by atoms with Crippen LogP contribution in [0.15, 0.2) is 36.4 Å². The number of ether oxygens (including phenoxy) is 2. The topological polar surface area (TPSA) is 202 Å². The van der Waals surface area contributed by atoms with E-state index in [0.29, 0.717) is 25.1 Å². The number of amides is 4. The molecule has 17 nitrogen and oxygen atoms in total. The van der Waals surface area contributed by atoms with E-state index in [1.165, 1.54) is 25.6 Å². The molecule has 1 aromatic heterocycles. The summed E-state index contributed by atoms with van der Waals surface area (Å²) in [5.74, 6) is -2.86. The molecule has 3 heterocycles. The molecule has 5 rings (SSSR count). The van der Waals surface area contributed by atoms with Crippen molar-refractivity contribution in [2.45, 2.75) is 83.0 Å². The van der Waals surface area contributed by atoms with Crippen molar-refractivity contribution in [3.05, 3.63) is 42.1 Å². The highest BCUT2D eigenvalue weighted by Gasteiger charge is 2.37. The minimum Gasteiger partial charge on any atom is -0.481 e. The van der Waals surface area contributed by atoms with E-state index in [-0.39, 0.29) is 68.5 Å². The number of piperazine rings is 1. The largest absolute Gasteiger partial charge is 0.527 e. The zero-order chi connectivity index (χ0) is 36.5. The van der Waals surface area contributed by atoms with Crippen molar-refractivity contribution < 1.29 is 48.2 Å². The van der Waals surface area contributed by atoms with Gasteiger partial charge in [0, 0.05) is 38.2 Å². The van der Waals surface area contributed by atoms with Gasteiger partial charge in [0.2, 0.25) is 17.7 Å². The maximum absolute atomic E-state index is 13.7. The molecule has 2 aromatic rings. The molecule has 51 heavy (non-hydrogen) atoms. The lowest BCUT2D eigenvalue weighted by atomic mass is 9.93. The lowest BCUT2D eigenvalue weighted by molar-refractivity contribution is -0.176. The molecule has 0 spiro atoms. The maximum atomic E-state index is 13.7. The first-order valence-electron chi connectivity index (χ1n) is 17.3. The van der Waals surface area contributed by atoms with Crippen LogP contribution in [0.3, 0.4) is 0 Å². The fourth-order valence-electron chi connectivity index (χ4n) is 6.23. The molecule has 0 radical (unpaired) electrons. The van der Waals surface area contributed by atoms with E-state index in [9.17, 15) is 33.9 Å². The number of hydrogen-bond acceptors (Lipinski definition) is 11. The standard InChI is InChI=1S/C34H45N7O10/c1-3-49-34(48)51-40-18-17-38(20-22(40)2)33(47)25(14-15-30(43)44)36-31(45)26-19-29(41(37-26)24-11-5-4-6-12-24)50-21-28(42)39-16-8-13-27(39)32(46)35-23-9-7-10-23/h4-6,11-12,19,22-23,25,27H,3,7-10,13-18,20-21H2,1-2H3,(H,35,46)(H,36,45)(H,43,44)/t22-,25-,27-/m0/s1. The Kier molecular flexibility index (Phi) is 12.5. The average Bonchev–Trinajstić information content (AvgIpc) is 3.76. The normalized spacial score (nSPS) is 19.8. The molecule has 3 fully saturated rings. The van der Waals surface area contributed by atoms with Gasteiger partial charge >= 0.3 is 12.1 Å². The van der Waals surface area contributed by atoms with Gasteiger partial charge in [-0.25, -0.2) is 9.48 Å². The first-order chi connectivity index (χ1) is 24.5. The third-order valence-corrected chi connectivity index (χ3v) is 9.16. The number of carbonyl (C=O) groups excluding carboxylic acids is 5. The Morgan fingerprint density at radius 1 is 1.02 bits per heavy atom. The summed E-state index contributed by atoms with van der Waals surface area (Å²) in [6.45, 7) is 4.03. The Morgan fingerprint density at radius 3 is 2.45 bits per heavy atom. The second-order valence-electron chi connectivity index (χ2n) is 12.8. The highest BCUT2D eigenvalue weighted by Crippen LogP contribution is 2.24. The van der Waals surface area contributed by atoms with E-state index >= 15 is 0 Å². The van der Waals surface area contributed by atoms with Gasteiger partial charge in [0.05, 0.1) is 24.9 Å². The van der Waals surface area contributed by atoms with Crippen LogP contribution in [-0.4, -0.2) is 129 Å². The lowest BCUT2D eigenvalue weighted by Gasteiger charge is -2.39. The van der Waals surface area contributed by atoms with Gasteiger partial charge in [0.25, 0.3) is 11.8 Å². The quantitative estimate of drug-likeness (QED) is 0.239. The van der Waals surface area contributed by atoms with Crippen molar-refractivity contribution in [3.8, 4) is 11.6 Å². The molecule has 2 saturated heterocycles. The third kappa shape index (κ3) is 9.53. The van der Waals surface area contributed by atoms with Gasteiger partial charge in [0.1, 0.15) is 12.1 Å². The van der Waals surface area contributed by atoms with Crippen LogP contribution in [0.1, 0.15) is 69.3 Å². The molecular weight excluding hydrogens is 666 g/mol. The van der Waals surface area contributed by atoms with Gasteiger partial charge in [0.15, 0.2) is 12.3 Å². The summed E-state index contributed by atoms with van der Waals surface area (Å²) in [7, 11) is 0. The molecule has 276 valence electrons. The number of aliphatic carboxylic acids is 1. The van der Waals surface area contributed by atoms with Crippen LogP contribution >= 0.6 is 0 Å². The zero-order valence-electron chi connectivity index (χ0n) is 28.8. The number of nitrogens with zero attached hydrogens (tertiary/aromatic N) is 5. The molecule has 3 aliphatic rings. The maximum Gasteiger partial charge on any atom is 0.527 e. The average molecular weight is 712 g/mol. The molecule has 3 atom stereocenters. The van der Waals surface area contributed by atoms with E-state index in [1.54, 1.807) is 44.2 Å². The van der Waals surface area contributed by atoms with Gasteiger partial charge in [-0.2, -0.15) is 5.10 Å². The van der Waals surface area contributed by atoms with Crippen LogP contribution in [-0.2, 0) is 28.8 Å². The van der Waals surface area contributed by atoms with Crippen LogP contribution in [0.2, 0.25) is 0 Å². The van der Waals surface area contributed by atoms with Crippen molar-refractivity contribution in [2.24, 2.45) is 0 Å². The smallest absolute Gasteiger partial charge is 0.481 e. The van der Waals surface area contributed by atoms with Crippen molar-refractivity contribution in [1.82, 2.24) is 35.3 Å². The van der Waals surface area contributed by atoms with Crippen LogP contribution in [0.5, 0.6) is 5.88 Å².